The van der Waals surface area contributed by atoms with Crippen molar-refractivity contribution in [1.29, 1.82) is 0 Å². The molecule has 2 rings (SSSR count). The van der Waals surface area contributed by atoms with Gasteiger partial charge in [-0.25, -0.2) is 0 Å². The summed E-state index contributed by atoms with van der Waals surface area (Å²) in [4.78, 5) is 2.13. The Bertz CT molecular complexity index is 572. The van der Waals surface area contributed by atoms with Gasteiger partial charge in [-0.2, -0.15) is 9.19 Å². The van der Waals surface area contributed by atoms with Gasteiger partial charge < -0.3 is 10.6 Å². The average molecular weight is 411 g/mol. The number of nitrogens with zero attached hydrogens (tertiary/aromatic N) is 3. The molecule has 1 aromatic heterocycles. The number of benzene rings is 1. The van der Waals surface area contributed by atoms with E-state index in [2.05, 4.69) is 37.3 Å². The van der Waals surface area contributed by atoms with E-state index < -0.39 is 0 Å². The van der Waals surface area contributed by atoms with Gasteiger partial charge in [-0.3, -0.25) is 0 Å². The van der Waals surface area contributed by atoms with Crippen LogP contribution in [-0.2, 0) is 6.42 Å². The quantitative estimate of drug-likeness (QED) is 0.770. The molecule has 0 fully saturated rings. The number of fused-ring (bicyclic) bond motifs is 1. The number of likely N-dealkylation sites (N-methyl/N-ethyl adjacent to an activating group) is 1. The highest BCUT2D eigenvalue weighted by atomic mass is 127. The zero-order valence-electron chi connectivity index (χ0n) is 10.8. The molecule has 0 aliphatic carbocycles. The van der Waals surface area contributed by atoms with Crippen LogP contribution < -0.4 is 5.73 Å². The molecule has 0 aliphatic heterocycles. The van der Waals surface area contributed by atoms with E-state index in [-0.39, 0.29) is 0 Å². The summed E-state index contributed by atoms with van der Waals surface area (Å²) < 4.78 is 1.86. The third-order valence-electron chi connectivity index (χ3n) is 3.23. The van der Waals surface area contributed by atoms with Gasteiger partial charge in [-0.05, 0) is 38.2 Å². The van der Waals surface area contributed by atoms with Crippen LogP contribution in [0, 0.1) is 0 Å². The van der Waals surface area contributed by atoms with Crippen molar-refractivity contribution in [3.63, 3.8) is 0 Å². The minimum Gasteiger partial charge on any atom is -0.329 e. The Balaban J connectivity index is 2.36. The van der Waals surface area contributed by atoms with Crippen molar-refractivity contribution in [2.45, 2.75) is 12.5 Å². The second-order valence-electron chi connectivity index (χ2n) is 4.65. The lowest BCUT2D eigenvalue weighted by Gasteiger charge is -2.23. The van der Waals surface area contributed by atoms with Crippen molar-refractivity contribution in [1.82, 2.24) is 14.1 Å². The number of aromatic nitrogens is 2. The molecule has 4 nitrogen and oxygen atoms in total. The third-order valence-corrected chi connectivity index (χ3v) is 5.12. The van der Waals surface area contributed by atoms with Crippen LogP contribution in [0.1, 0.15) is 5.56 Å². The number of halogens is 2. The fourth-order valence-electron chi connectivity index (χ4n) is 2.01. The molecule has 0 spiro atoms. The van der Waals surface area contributed by atoms with Crippen LogP contribution in [0.25, 0.3) is 10.9 Å². The lowest BCUT2D eigenvalue weighted by atomic mass is 10.0. The third kappa shape index (κ3) is 3.36. The van der Waals surface area contributed by atoms with E-state index in [1.54, 1.807) is 0 Å². The molecule has 0 aliphatic rings. The minimum atomic E-state index is 0.295. The Hall–Kier alpha value is -0.0200. The van der Waals surface area contributed by atoms with Crippen molar-refractivity contribution in [2.75, 3.05) is 20.6 Å². The van der Waals surface area contributed by atoms with Crippen molar-refractivity contribution >= 4 is 52.8 Å². The Labute approximate surface area is 134 Å². The molecule has 2 aromatic rings. The van der Waals surface area contributed by atoms with Crippen molar-refractivity contribution < 1.29 is 0 Å². The standard InChI is InChI=1S/C12H16ClIN4S/c1-17(2)10(6-15)4-8-3-9-7-16-18(19-14)12(9)5-11(8)13/h3,5,7,10H,4,6,15H2,1-2H3/t10-/m0/s1. The molecule has 1 atom stereocenters. The molecule has 1 heterocycles. The first-order chi connectivity index (χ1) is 9.06. The van der Waals surface area contributed by atoms with Crippen molar-refractivity contribution in [3.8, 4) is 0 Å². The van der Waals surface area contributed by atoms with Gasteiger partial charge in [0.05, 0.1) is 11.7 Å². The molecule has 0 saturated carbocycles. The van der Waals surface area contributed by atoms with Gasteiger partial charge in [0.25, 0.3) is 0 Å². The van der Waals surface area contributed by atoms with E-state index in [1.807, 2.05) is 30.4 Å². The Morgan fingerprint density at radius 2 is 2.26 bits per heavy atom. The first-order valence-corrected chi connectivity index (χ1v) is 9.58. The Kier molecular flexibility index (Phi) is 5.36. The van der Waals surface area contributed by atoms with E-state index in [4.69, 9.17) is 17.3 Å². The molecule has 19 heavy (non-hydrogen) atoms. The molecule has 0 radical (unpaired) electrons. The molecule has 7 heteroatoms. The van der Waals surface area contributed by atoms with Crippen LogP contribution in [0.2, 0.25) is 5.02 Å². The average Bonchev–Trinajstić information content (AvgIpc) is 2.77. The van der Waals surface area contributed by atoms with Crippen LogP contribution >= 0.6 is 41.9 Å². The Morgan fingerprint density at radius 3 is 2.84 bits per heavy atom. The maximum Gasteiger partial charge on any atom is 0.0835 e. The first-order valence-electron chi connectivity index (χ1n) is 5.88. The monoisotopic (exact) mass is 410 g/mol. The zero-order valence-corrected chi connectivity index (χ0v) is 14.5. The minimum absolute atomic E-state index is 0.295. The molecule has 2 N–H and O–H groups in total. The molecule has 0 amide bonds. The number of hydrogen-bond donors (Lipinski definition) is 1. The van der Waals surface area contributed by atoms with E-state index in [0.29, 0.717) is 12.6 Å². The lowest BCUT2D eigenvalue weighted by molar-refractivity contribution is 0.298. The highest BCUT2D eigenvalue weighted by Crippen LogP contribution is 2.28. The summed E-state index contributed by atoms with van der Waals surface area (Å²) in [5.74, 6) is 0. The molecular formula is C12H16ClIN4S. The molecule has 0 unspecified atom stereocenters. The van der Waals surface area contributed by atoms with E-state index in [9.17, 15) is 0 Å². The highest BCUT2D eigenvalue weighted by Gasteiger charge is 2.14. The predicted octanol–water partition coefficient (Wildman–Crippen LogP) is 2.97. The largest absolute Gasteiger partial charge is 0.329 e. The van der Waals surface area contributed by atoms with Crippen LogP contribution in [-0.4, -0.2) is 40.8 Å². The molecule has 0 saturated heterocycles. The van der Waals surface area contributed by atoms with Gasteiger partial charge in [0.2, 0.25) is 0 Å². The van der Waals surface area contributed by atoms with Gasteiger partial charge in [0, 0.05) is 53.3 Å². The summed E-state index contributed by atoms with van der Waals surface area (Å²) in [6.07, 6.45) is 2.72. The summed E-state index contributed by atoms with van der Waals surface area (Å²) >= 11 is 8.59. The number of rotatable bonds is 5. The van der Waals surface area contributed by atoms with Gasteiger partial charge in [-0.15, -0.1) is 0 Å². The maximum absolute atomic E-state index is 6.38. The number of nitrogens with two attached hydrogens (primary N) is 1. The number of hydrogen-bond acceptors (Lipinski definition) is 4. The summed E-state index contributed by atoms with van der Waals surface area (Å²) in [6.45, 7) is 0.615. The van der Waals surface area contributed by atoms with Crippen LogP contribution in [0.3, 0.4) is 0 Å². The SMILES string of the molecule is CN(C)[C@H](CN)Cc1cc2cnn(SI)c2cc1Cl. The van der Waals surface area contributed by atoms with Gasteiger partial charge >= 0.3 is 0 Å². The van der Waals surface area contributed by atoms with E-state index >= 15 is 0 Å². The fraction of sp³-hybridized carbons (Fsp3) is 0.417. The second kappa shape index (κ2) is 6.62. The van der Waals surface area contributed by atoms with Crippen LogP contribution in [0.5, 0.6) is 0 Å². The van der Waals surface area contributed by atoms with Crippen molar-refractivity contribution in [2.24, 2.45) is 5.73 Å². The first kappa shape index (κ1) is 15.4. The summed E-state index contributed by atoms with van der Waals surface area (Å²) in [7, 11) is 5.60. The summed E-state index contributed by atoms with van der Waals surface area (Å²) in [5, 5.41) is 6.20. The van der Waals surface area contributed by atoms with E-state index in [1.165, 1.54) is 9.12 Å². The fourth-order valence-corrected chi connectivity index (χ4v) is 3.51. The second-order valence-corrected chi connectivity index (χ2v) is 6.72. The predicted molar refractivity (Wildman–Crippen MR) is 92.0 cm³/mol. The van der Waals surface area contributed by atoms with Crippen LogP contribution in [0.4, 0.5) is 0 Å². The summed E-state index contributed by atoms with van der Waals surface area (Å²) in [5.41, 5.74) is 7.97. The van der Waals surface area contributed by atoms with Crippen LogP contribution in [0.15, 0.2) is 18.3 Å². The summed E-state index contributed by atoms with van der Waals surface area (Å²) in [6, 6.07) is 4.39. The molecule has 1 aromatic carbocycles. The Morgan fingerprint density at radius 1 is 1.53 bits per heavy atom. The van der Waals surface area contributed by atoms with Crippen molar-refractivity contribution in [3.05, 3.63) is 28.9 Å². The van der Waals surface area contributed by atoms with Gasteiger partial charge in [-0.1, -0.05) is 11.6 Å². The molecule has 104 valence electrons. The molecule has 0 bridgehead atoms. The highest BCUT2D eigenvalue weighted by molar-refractivity contribution is 14.2. The van der Waals surface area contributed by atoms with E-state index in [0.717, 1.165) is 27.9 Å². The molecular weight excluding hydrogens is 395 g/mol. The normalized spacial score (nSPS) is 13.4. The smallest absolute Gasteiger partial charge is 0.0835 e. The topological polar surface area (TPSA) is 47.1 Å². The zero-order chi connectivity index (χ0) is 14.0. The van der Waals surface area contributed by atoms with Gasteiger partial charge in [0.15, 0.2) is 0 Å². The lowest BCUT2D eigenvalue weighted by Crippen LogP contribution is -2.36. The van der Waals surface area contributed by atoms with Gasteiger partial charge in [0.1, 0.15) is 0 Å². The maximum atomic E-state index is 6.38.